The molecule has 2 fully saturated rings. The Labute approximate surface area is 75.6 Å². The van der Waals surface area contributed by atoms with E-state index in [0.29, 0.717) is 24.9 Å². The van der Waals surface area contributed by atoms with Crippen LogP contribution in [-0.4, -0.2) is 40.6 Å². The smallest absolute Gasteiger partial charge is 0.407 e. The molecule has 72 valence electrons. The van der Waals surface area contributed by atoms with Gasteiger partial charge in [0.05, 0.1) is 6.21 Å². The van der Waals surface area contributed by atoms with Crippen LogP contribution in [0.25, 0.3) is 0 Å². The highest BCUT2D eigenvalue weighted by atomic mass is 16.4. The first-order valence-corrected chi connectivity index (χ1v) is 4.26. The zero-order valence-electron chi connectivity index (χ0n) is 7.34. The molecule has 5 nitrogen and oxygen atoms in total. The molecule has 13 heavy (non-hydrogen) atoms. The van der Waals surface area contributed by atoms with Crippen LogP contribution in [0.1, 0.15) is 6.92 Å². The van der Waals surface area contributed by atoms with E-state index in [1.807, 2.05) is 6.92 Å². The summed E-state index contributed by atoms with van der Waals surface area (Å²) in [5, 5.41) is 20.1. The van der Waals surface area contributed by atoms with Crippen LogP contribution in [0.5, 0.6) is 0 Å². The largest absolute Gasteiger partial charge is 0.465 e. The molecule has 1 saturated heterocycles. The monoisotopic (exact) mass is 184 g/mol. The van der Waals surface area contributed by atoms with Crippen molar-refractivity contribution < 1.29 is 15.1 Å². The van der Waals surface area contributed by atoms with E-state index in [1.54, 1.807) is 0 Å². The summed E-state index contributed by atoms with van der Waals surface area (Å²) < 4.78 is 0. The van der Waals surface area contributed by atoms with Gasteiger partial charge in [-0.2, -0.15) is 0 Å². The van der Waals surface area contributed by atoms with Crippen LogP contribution in [0.2, 0.25) is 0 Å². The fourth-order valence-corrected chi connectivity index (χ4v) is 2.39. The fraction of sp³-hybridized carbons (Fsp3) is 0.750. The Kier molecular flexibility index (Phi) is 1.52. The lowest BCUT2D eigenvalue weighted by molar-refractivity contribution is 0.147. The molecule has 1 amide bonds. The van der Waals surface area contributed by atoms with Crippen molar-refractivity contribution in [3.8, 4) is 0 Å². The van der Waals surface area contributed by atoms with Crippen molar-refractivity contribution in [2.45, 2.75) is 6.92 Å². The number of oxime groups is 1. The second kappa shape index (κ2) is 2.37. The standard InChI is InChI=1S/C8H12N2O3/c1-8(4-9-13)5-2-10(7(11)12)3-6(5)8/h4-6,13H,2-3H2,1H3,(H,11,12)/b9-4+/t5-,6+,8?. The number of fused-ring (bicyclic) bond motifs is 1. The highest BCUT2D eigenvalue weighted by Crippen LogP contribution is 2.61. The summed E-state index contributed by atoms with van der Waals surface area (Å²) in [7, 11) is 0. The minimum absolute atomic E-state index is 0.0687. The first-order valence-electron chi connectivity index (χ1n) is 4.26. The molecule has 2 N–H and O–H groups in total. The minimum atomic E-state index is -0.851. The highest BCUT2D eigenvalue weighted by Gasteiger charge is 2.65. The average Bonchev–Trinajstić information content (AvgIpc) is 2.51. The van der Waals surface area contributed by atoms with E-state index in [2.05, 4.69) is 5.16 Å². The molecule has 1 saturated carbocycles. The van der Waals surface area contributed by atoms with Crippen LogP contribution in [0.3, 0.4) is 0 Å². The number of piperidine rings is 1. The molecule has 0 aromatic carbocycles. The maximum absolute atomic E-state index is 10.6. The van der Waals surface area contributed by atoms with Gasteiger partial charge in [-0.25, -0.2) is 4.79 Å². The van der Waals surface area contributed by atoms with E-state index >= 15 is 0 Å². The van der Waals surface area contributed by atoms with Gasteiger partial charge < -0.3 is 15.2 Å². The molecule has 0 bridgehead atoms. The number of hydrogen-bond donors (Lipinski definition) is 2. The molecular weight excluding hydrogens is 172 g/mol. The number of carbonyl (C=O) groups is 1. The summed E-state index contributed by atoms with van der Waals surface area (Å²) in [4.78, 5) is 12.0. The van der Waals surface area contributed by atoms with Crippen molar-refractivity contribution in [3.63, 3.8) is 0 Å². The third kappa shape index (κ3) is 0.993. The number of likely N-dealkylation sites (tertiary alicyclic amines) is 1. The second-order valence-electron chi connectivity index (χ2n) is 4.01. The van der Waals surface area contributed by atoms with E-state index in [1.165, 1.54) is 11.1 Å². The highest BCUT2D eigenvalue weighted by molar-refractivity contribution is 5.73. The lowest BCUT2D eigenvalue weighted by Gasteiger charge is -2.18. The molecule has 1 unspecified atom stereocenters. The molecule has 1 aliphatic heterocycles. The maximum atomic E-state index is 10.6. The van der Waals surface area contributed by atoms with Crippen LogP contribution in [0.4, 0.5) is 4.79 Å². The zero-order chi connectivity index (χ0) is 9.64. The van der Waals surface area contributed by atoms with Gasteiger partial charge in [0.1, 0.15) is 0 Å². The van der Waals surface area contributed by atoms with Crippen LogP contribution >= 0.6 is 0 Å². The zero-order valence-corrected chi connectivity index (χ0v) is 7.34. The Hall–Kier alpha value is -1.26. The molecule has 0 spiro atoms. The van der Waals surface area contributed by atoms with Crippen LogP contribution < -0.4 is 0 Å². The van der Waals surface area contributed by atoms with E-state index in [9.17, 15) is 4.79 Å². The summed E-state index contributed by atoms with van der Waals surface area (Å²) in [6.07, 6.45) is 0.678. The Balaban J connectivity index is 2.00. The van der Waals surface area contributed by atoms with Crippen molar-refractivity contribution in [1.82, 2.24) is 4.90 Å². The molecule has 2 aliphatic rings. The van der Waals surface area contributed by atoms with Gasteiger partial charge in [-0.3, -0.25) is 0 Å². The average molecular weight is 184 g/mol. The van der Waals surface area contributed by atoms with Gasteiger partial charge in [0, 0.05) is 18.5 Å². The van der Waals surface area contributed by atoms with Crippen LogP contribution in [0, 0.1) is 17.3 Å². The van der Waals surface area contributed by atoms with Gasteiger partial charge in [0.15, 0.2) is 0 Å². The number of hydrogen-bond acceptors (Lipinski definition) is 3. The predicted molar refractivity (Wildman–Crippen MR) is 45.0 cm³/mol. The predicted octanol–water partition coefficient (Wildman–Crippen LogP) is 0.692. The summed E-state index contributed by atoms with van der Waals surface area (Å²) >= 11 is 0. The summed E-state index contributed by atoms with van der Waals surface area (Å²) in [6.45, 7) is 3.15. The third-order valence-electron chi connectivity index (χ3n) is 3.42. The van der Waals surface area contributed by atoms with Gasteiger partial charge in [-0.15, -0.1) is 5.16 Å². The van der Waals surface area contributed by atoms with Crippen molar-refractivity contribution in [2.24, 2.45) is 22.4 Å². The fourth-order valence-electron chi connectivity index (χ4n) is 2.39. The van der Waals surface area contributed by atoms with Gasteiger partial charge in [-0.05, 0) is 11.8 Å². The van der Waals surface area contributed by atoms with Gasteiger partial charge >= 0.3 is 6.09 Å². The molecule has 0 radical (unpaired) electrons. The van der Waals surface area contributed by atoms with Gasteiger partial charge in [-0.1, -0.05) is 6.92 Å². The molecule has 1 aliphatic carbocycles. The van der Waals surface area contributed by atoms with Gasteiger partial charge in [0.2, 0.25) is 0 Å². The molecule has 2 rings (SSSR count). The van der Waals surface area contributed by atoms with E-state index in [0.717, 1.165) is 0 Å². The van der Waals surface area contributed by atoms with E-state index < -0.39 is 6.09 Å². The van der Waals surface area contributed by atoms with Gasteiger partial charge in [0.25, 0.3) is 0 Å². The second-order valence-corrected chi connectivity index (χ2v) is 4.01. The first kappa shape index (κ1) is 8.34. The lowest BCUT2D eigenvalue weighted by Crippen LogP contribution is -2.32. The van der Waals surface area contributed by atoms with E-state index in [4.69, 9.17) is 10.3 Å². The molecule has 0 aromatic heterocycles. The Bertz CT molecular complexity index is 265. The van der Waals surface area contributed by atoms with Crippen molar-refractivity contribution >= 4 is 12.3 Å². The Morgan fingerprint density at radius 2 is 2.15 bits per heavy atom. The van der Waals surface area contributed by atoms with Crippen molar-refractivity contribution in [2.75, 3.05) is 13.1 Å². The summed E-state index contributed by atoms with van der Waals surface area (Å²) in [5.74, 6) is 0.694. The number of nitrogens with zero attached hydrogens (tertiary/aromatic N) is 2. The number of amides is 1. The Morgan fingerprint density at radius 3 is 2.54 bits per heavy atom. The molecule has 3 atom stereocenters. The van der Waals surface area contributed by atoms with Crippen molar-refractivity contribution in [1.29, 1.82) is 0 Å². The number of carboxylic acid groups (broad SMARTS) is 1. The Morgan fingerprint density at radius 1 is 1.62 bits per heavy atom. The molecule has 5 heteroatoms. The van der Waals surface area contributed by atoms with Crippen LogP contribution in [-0.2, 0) is 0 Å². The minimum Gasteiger partial charge on any atom is -0.465 e. The molecule has 0 aromatic rings. The number of rotatable bonds is 1. The van der Waals surface area contributed by atoms with Crippen LogP contribution in [0.15, 0.2) is 5.16 Å². The quantitative estimate of drug-likeness (QED) is 0.358. The maximum Gasteiger partial charge on any atom is 0.407 e. The molecular formula is C8H12N2O3. The third-order valence-corrected chi connectivity index (χ3v) is 3.42. The summed E-state index contributed by atoms with van der Waals surface area (Å²) in [5.41, 5.74) is -0.0687. The normalized spacial score (nSPS) is 42.4. The molecule has 1 heterocycles. The summed E-state index contributed by atoms with van der Waals surface area (Å²) in [6, 6.07) is 0. The van der Waals surface area contributed by atoms with E-state index in [-0.39, 0.29) is 5.41 Å². The first-order chi connectivity index (χ1) is 6.09. The van der Waals surface area contributed by atoms with Crippen molar-refractivity contribution in [3.05, 3.63) is 0 Å². The lowest BCUT2D eigenvalue weighted by atomic mass is 10.1. The topological polar surface area (TPSA) is 73.1 Å². The SMILES string of the molecule is CC1(/C=N/O)[C@@H]2CN(C(=O)O)C[C@@H]21.